The first kappa shape index (κ1) is 11.7. The van der Waals surface area contributed by atoms with Gasteiger partial charge in [0.25, 0.3) is 0 Å². The highest BCUT2D eigenvalue weighted by atomic mass is 32.2. The van der Waals surface area contributed by atoms with E-state index in [1.807, 2.05) is 0 Å². The molecule has 1 aromatic heterocycles. The van der Waals surface area contributed by atoms with E-state index >= 15 is 0 Å². The van der Waals surface area contributed by atoms with Crippen LogP contribution < -0.4 is 5.73 Å². The quantitative estimate of drug-likeness (QED) is 0.713. The third kappa shape index (κ3) is 3.05. The maximum Gasteiger partial charge on any atom is 0.169 e. The molecular formula is C8H13N3O3S. The molecule has 0 saturated heterocycles. The summed E-state index contributed by atoms with van der Waals surface area (Å²) in [5.74, 6) is -0.209. The SMILES string of the molecule is Cn1ncc(C(=O)CCS(C)(=O)=O)c1N. The number of ketones is 1. The van der Waals surface area contributed by atoms with Crippen molar-refractivity contribution in [2.24, 2.45) is 7.05 Å². The van der Waals surface area contributed by atoms with E-state index in [1.54, 1.807) is 7.05 Å². The van der Waals surface area contributed by atoms with E-state index in [9.17, 15) is 13.2 Å². The Morgan fingerprint density at radius 2 is 2.20 bits per heavy atom. The molecule has 0 radical (unpaired) electrons. The molecule has 0 aliphatic carbocycles. The molecule has 7 heteroatoms. The first-order chi connectivity index (χ1) is 6.81. The van der Waals surface area contributed by atoms with Crippen LogP contribution in [0, 0.1) is 0 Å². The lowest BCUT2D eigenvalue weighted by Crippen LogP contribution is -2.11. The average molecular weight is 231 g/mol. The van der Waals surface area contributed by atoms with Crippen molar-refractivity contribution in [1.82, 2.24) is 9.78 Å². The first-order valence-corrected chi connectivity index (χ1v) is 6.35. The van der Waals surface area contributed by atoms with Crippen LogP contribution in [0.2, 0.25) is 0 Å². The molecule has 0 aromatic carbocycles. The minimum absolute atomic E-state index is 0.0608. The van der Waals surface area contributed by atoms with E-state index in [2.05, 4.69) is 5.10 Å². The molecule has 6 nitrogen and oxygen atoms in total. The van der Waals surface area contributed by atoms with Gasteiger partial charge in [-0.2, -0.15) is 5.10 Å². The highest BCUT2D eigenvalue weighted by molar-refractivity contribution is 7.90. The smallest absolute Gasteiger partial charge is 0.169 e. The molecule has 0 aliphatic rings. The van der Waals surface area contributed by atoms with Crippen molar-refractivity contribution in [3.05, 3.63) is 11.8 Å². The Kier molecular flexibility index (Phi) is 3.13. The maximum absolute atomic E-state index is 11.5. The summed E-state index contributed by atoms with van der Waals surface area (Å²) in [6, 6.07) is 0. The van der Waals surface area contributed by atoms with Gasteiger partial charge in [0.05, 0.1) is 17.5 Å². The zero-order valence-corrected chi connectivity index (χ0v) is 9.41. The number of aryl methyl sites for hydroxylation is 1. The zero-order valence-electron chi connectivity index (χ0n) is 8.60. The molecule has 1 rings (SSSR count). The molecule has 0 bridgehead atoms. The Labute approximate surface area is 88.0 Å². The second kappa shape index (κ2) is 4.01. The minimum Gasteiger partial charge on any atom is -0.383 e. The Hall–Kier alpha value is -1.37. The lowest BCUT2D eigenvalue weighted by Gasteiger charge is -1.99. The molecule has 0 amide bonds. The van der Waals surface area contributed by atoms with Crippen LogP contribution in [-0.4, -0.2) is 36.0 Å². The zero-order chi connectivity index (χ0) is 11.6. The van der Waals surface area contributed by atoms with Crippen molar-refractivity contribution in [2.75, 3.05) is 17.7 Å². The van der Waals surface area contributed by atoms with Gasteiger partial charge in [0.2, 0.25) is 0 Å². The van der Waals surface area contributed by atoms with Gasteiger partial charge >= 0.3 is 0 Å². The number of carbonyl (C=O) groups is 1. The summed E-state index contributed by atoms with van der Waals surface area (Å²) >= 11 is 0. The fraction of sp³-hybridized carbons (Fsp3) is 0.500. The summed E-state index contributed by atoms with van der Waals surface area (Å²) in [4.78, 5) is 11.5. The van der Waals surface area contributed by atoms with Crippen LogP contribution in [0.5, 0.6) is 0 Å². The van der Waals surface area contributed by atoms with Gasteiger partial charge in [0.15, 0.2) is 5.78 Å². The van der Waals surface area contributed by atoms with Crippen molar-refractivity contribution in [1.29, 1.82) is 0 Å². The highest BCUT2D eigenvalue weighted by Crippen LogP contribution is 2.12. The molecule has 2 N–H and O–H groups in total. The number of rotatable bonds is 4. The molecule has 1 heterocycles. The number of nitrogens with two attached hydrogens (primary N) is 1. The average Bonchev–Trinajstić information content (AvgIpc) is 2.43. The van der Waals surface area contributed by atoms with Crippen LogP contribution in [0.1, 0.15) is 16.8 Å². The molecule has 15 heavy (non-hydrogen) atoms. The second-order valence-electron chi connectivity index (χ2n) is 3.37. The number of Topliss-reactive ketones (excluding diaryl/α,β-unsaturated/α-hetero) is 1. The van der Waals surface area contributed by atoms with Crippen molar-refractivity contribution < 1.29 is 13.2 Å². The predicted molar refractivity (Wildman–Crippen MR) is 56.3 cm³/mol. The van der Waals surface area contributed by atoms with Gasteiger partial charge in [-0.15, -0.1) is 0 Å². The van der Waals surface area contributed by atoms with Gasteiger partial charge < -0.3 is 5.73 Å². The monoisotopic (exact) mass is 231 g/mol. The number of carbonyl (C=O) groups excluding carboxylic acids is 1. The number of anilines is 1. The van der Waals surface area contributed by atoms with E-state index in [0.29, 0.717) is 0 Å². The lowest BCUT2D eigenvalue weighted by atomic mass is 10.2. The maximum atomic E-state index is 11.5. The third-order valence-electron chi connectivity index (χ3n) is 1.98. The van der Waals surface area contributed by atoms with E-state index in [0.717, 1.165) is 6.26 Å². The molecule has 0 atom stereocenters. The number of aromatic nitrogens is 2. The molecule has 0 spiro atoms. The van der Waals surface area contributed by atoms with Crippen molar-refractivity contribution in [2.45, 2.75) is 6.42 Å². The Morgan fingerprint density at radius 3 is 2.60 bits per heavy atom. The summed E-state index contributed by atoms with van der Waals surface area (Å²) in [6.07, 6.45) is 2.38. The van der Waals surface area contributed by atoms with Crippen LogP contribution >= 0.6 is 0 Å². The van der Waals surface area contributed by atoms with E-state index < -0.39 is 9.84 Å². The van der Waals surface area contributed by atoms with Crippen LogP contribution in [0.4, 0.5) is 5.82 Å². The van der Waals surface area contributed by atoms with Crippen LogP contribution in [-0.2, 0) is 16.9 Å². The number of nitrogen functional groups attached to an aromatic ring is 1. The van der Waals surface area contributed by atoms with Gasteiger partial charge in [0, 0.05) is 19.7 Å². The van der Waals surface area contributed by atoms with E-state index in [1.165, 1.54) is 10.9 Å². The van der Waals surface area contributed by atoms with Crippen molar-refractivity contribution >= 4 is 21.4 Å². The molecule has 0 saturated carbocycles. The van der Waals surface area contributed by atoms with Gasteiger partial charge in [-0.3, -0.25) is 9.48 Å². The fourth-order valence-electron chi connectivity index (χ4n) is 1.07. The standard InChI is InChI=1S/C8H13N3O3S/c1-11-8(9)6(5-10-11)7(12)3-4-15(2,13)14/h5H,3-4,9H2,1-2H3. The lowest BCUT2D eigenvalue weighted by molar-refractivity contribution is 0.0989. The predicted octanol–water partition coefficient (Wildman–Crippen LogP) is -0.380. The molecule has 0 fully saturated rings. The normalized spacial score (nSPS) is 11.6. The molecule has 1 aromatic rings. The molecule has 0 aliphatic heterocycles. The van der Waals surface area contributed by atoms with E-state index in [-0.39, 0.29) is 29.3 Å². The Morgan fingerprint density at radius 1 is 1.60 bits per heavy atom. The number of sulfone groups is 1. The van der Waals surface area contributed by atoms with Gasteiger partial charge in [0.1, 0.15) is 15.7 Å². The number of nitrogens with zero attached hydrogens (tertiary/aromatic N) is 2. The van der Waals surface area contributed by atoms with Crippen LogP contribution in [0.3, 0.4) is 0 Å². The summed E-state index contributed by atoms with van der Waals surface area (Å²) in [7, 11) is -1.51. The summed E-state index contributed by atoms with van der Waals surface area (Å²) in [6.45, 7) is 0. The van der Waals surface area contributed by atoms with Gasteiger partial charge in [-0.05, 0) is 0 Å². The van der Waals surface area contributed by atoms with Gasteiger partial charge in [-0.25, -0.2) is 8.42 Å². The topological polar surface area (TPSA) is 95.0 Å². The largest absolute Gasteiger partial charge is 0.383 e. The molecule has 84 valence electrons. The summed E-state index contributed by atoms with van der Waals surface area (Å²) in [5, 5.41) is 3.80. The third-order valence-corrected chi connectivity index (χ3v) is 2.93. The molecule has 0 unspecified atom stereocenters. The van der Waals surface area contributed by atoms with Crippen molar-refractivity contribution in [3.63, 3.8) is 0 Å². The summed E-state index contributed by atoms with van der Waals surface area (Å²) < 4.78 is 23.1. The van der Waals surface area contributed by atoms with Crippen LogP contribution in [0.15, 0.2) is 6.20 Å². The summed E-state index contributed by atoms with van der Waals surface area (Å²) in [5.41, 5.74) is 5.85. The van der Waals surface area contributed by atoms with E-state index in [4.69, 9.17) is 5.73 Å². The highest BCUT2D eigenvalue weighted by Gasteiger charge is 2.15. The number of hydrogen-bond donors (Lipinski definition) is 1. The second-order valence-corrected chi connectivity index (χ2v) is 5.63. The fourth-order valence-corrected chi connectivity index (χ4v) is 1.63. The first-order valence-electron chi connectivity index (χ1n) is 4.29. The Balaban J connectivity index is 2.75. The van der Waals surface area contributed by atoms with Gasteiger partial charge in [-0.1, -0.05) is 0 Å². The number of hydrogen-bond acceptors (Lipinski definition) is 5. The minimum atomic E-state index is -3.12. The van der Waals surface area contributed by atoms with Crippen molar-refractivity contribution in [3.8, 4) is 0 Å². The molecular weight excluding hydrogens is 218 g/mol. The Bertz CT molecular complexity index is 475. The van der Waals surface area contributed by atoms with Crippen LogP contribution in [0.25, 0.3) is 0 Å².